The summed E-state index contributed by atoms with van der Waals surface area (Å²) in [5, 5.41) is 11.9. The molecule has 0 bridgehead atoms. The molecule has 7 heteroatoms. The summed E-state index contributed by atoms with van der Waals surface area (Å²) in [6.07, 6.45) is 0.519. The van der Waals surface area contributed by atoms with E-state index in [2.05, 4.69) is 0 Å². The van der Waals surface area contributed by atoms with Crippen LogP contribution in [0.2, 0.25) is 0 Å². The van der Waals surface area contributed by atoms with Crippen molar-refractivity contribution in [1.29, 1.82) is 5.26 Å². The number of hydrogen-bond acceptors (Lipinski definition) is 3. The van der Waals surface area contributed by atoms with E-state index >= 15 is 0 Å². The number of hydrazine groups is 1. The zero-order valence-electron chi connectivity index (χ0n) is 12.8. The molecule has 2 fully saturated rings. The number of nitrogens with zero attached hydrogens (tertiary/aromatic N) is 3. The van der Waals surface area contributed by atoms with Gasteiger partial charge in [0.1, 0.15) is 11.2 Å². The van der Waals surface area contributed by atoms with Crippen LogP contribution < -0.4 is 0 Å². The number of fused-ring (bicyclic) bond motifs is 1. The second-order valence-electron chi connectivity index (χ2n) is 6.45. The van der Waals surface area contributed by atoms with E-state index in [1.165, 1.54) is 24.1 Å². The first-order valence-electron chi connectivity index (χ1n) is 7.34. The summed E-state index contributed by atoms with van der Waals surface area (Å²) >= 11 is 0. The van der Waals surface area contributed by atoms with Crippen molar-refractivity contribution in [3.63, 3.8) is 0 Å². The van der Waals surface area contributed by atoms with Crippen LogP contribution >= 0.6 is 0 Å². The van der Waals surface area contributed by atoms with E-state index in [1.54, 1.807) is 5.01 Å². The summed E-state index contributed by atoms with van der Waals surface area (Å²) in [4.78, 5) is 12.6. The Bertz CT molecular complexity index is 710. The van der Waals surface area contributed by atoms with Crippen LogP contribution in [0, 0.1) is 22.6 Å². The predicted molar refractivity (Wildman–Crippen MR) is 75.6 cm³/mol. The lowest BCUT2D eigenvalue weighted by Gasteiger charge is -2.30. The van der Waals surface area contributed by atoms with Gasteiger partial charge in [-0.25, -0.2) is 18.2 Å². The lowest BCUT2D eigenvalue weighted by atomic mass is 9.83. The summed E-state index contributed by atoms with van der Waals surface area (Å²) in [7, 11) is 0. The third kappa shape index (κ3) is 2.29. The van der Waals surface area contributed by atoms with E-state index in [0.29, 0.717) is 18.5 Å². The number of benzene rings is 1. The summed E-state index contributed by atoms with van der Waals surface area (Å²) in [6, 6.07) is 5.21. The van der Waals surface area contributed by atoms with Crippen molar-refractivity contribution in [2.24, 2.45) is 5.41 Å². The van der Waals surface area contributed by atoms with Gasteiger partial charge in [0.15, 0.2) is 0 Å². The highest BCUT2D eigenvalue weighted by molar-refractivity contribution is 5.86. The Labute approximate surface area is 132 Å². The number of rotatable bonds is 2. The first-order valence-corrected chi connectivity index (χ1v) is 7.34. The lowest BCUT2D eigenvalue weighted by Crippen LogP contribution is -2.45. The first kappa shape index (κ1) is 15.8. The summed E-state index contributed by atoms with van der Waals surface area (Å²) in [6.45, 7) is 2.39. The van der Waals surface area contributed by atoms with Gasteiger partial charge in [0, 0.05) is 20.0 Å². The van der Waals surface area contributed by atoms with Crippen molar-refractivity contribution >= 4 is 5.91 Å². The standard InChI is InChI=1S/C16H16F3N3O/c1-15(16(2,18)19)9-21-4-3-13(22(21)14(15)23)11-5-10(8-20)6-12(17)7-11/h5-7,13H,3-4,9H2,1-2H3/t13-,15+/m1/s1. The highest BCUT2D eigenvalue weighted by Gasteiger charge is 2.62. The summed E-state index contributed by atoms with van der Waals surface area (Å²) < 4.78 is 41.5. The molecule has 0 radical (unpaired) electrons. The SMILES string of the molecule is CC(F)(F)[C@@]1(C)CN2CC[C@H](c3cc(F)cc(C#N)c3)N2C1=O. The smallest absolute Gasteiger partial charge is 0.260 e. The maximum Gasteiger partial charge on any atom is 0.260 e. The molecular weight excluding hydrogens is 307 g/mol. The van der Waals surface area contributed by atoms with Gasteiger partial charge in [-0.15, -0.1) is 0 Å². The Balaban J connectivity index is 1.98. The quantitative estimate of drug-likeness (QED) is 0.841. The monoisotopic (exact) mass is 323 g/mol. The van der Waals surface area contributed by atoms with Crippen LogP contribution in [-0.2, 0) is 4.79 Å². The number of amides is 1. The van der Waals surface area contributed by atoms with E-state index in [-0.39, 0.29) is 12.1 Å². The molecule has 2 saturated heterocycles. The highest BCUT2D eigenvalue weighted by atomic mass is 19.3. The number of alkyl halides is 2. The van der Waals surface area contributed by atoms with Crippen molar-refractivity contribution in [2.45, 2.75) is 32.2 Å². The topological polar surface area (TPSA) is 47.3 Å². The van der Waals surface area contributed by atoms with Gasteiger partial charge >= 0.3 is 0 Å². The largest absolute Gasteiger partial charge is 0.272 e. The zero-order chi connectivity index (χ0) is 17.0. The van der Waals surface area contributed by atoms with E-state index in [0.717, 1.165) is 13.0 Å². The Morgan fingerprint density at radius 2 is 2.09 bits per heavy atom. The molecule has 0 N–H and O–H groups in total. The molecule has 23 heavy (non-hydrogen) atoms. The molecule has 0 aromatic heterocycles. The normalized spacial score (nSPS) is 28.1. The minimum atomic E-state index is -3.15. The lowest BCUT2D eigenvalue weighted by molar-refractivity contribution is -0.156. The Kier molecular flexibility index (Phi) is 3.41. The Hall–Kier alpha value is -2.07. The van der Waals surface area contributed by atoms with Crippen molar-refractivity contribution < 1.29 is 18.0 Å². The van der Waals surface area contributed by atoms with Gasteiger partial charge in [0.25, 0.3) is 11.8 Å². The van der Waals surface area contributed by atoms with Crippen molar-refractivity contribution in [2.75, 3.05) is 13.1 Å². The van der Waals surface area contributed by atoms with E-state index in [9.17, 15) is 18.0 Å². The van der Waals surface area contributed by atoms with Gasteiger partial charge in [-0.2, -0.15) is 5.26 Å². The predicted octanol–water partition coefficient (Wildman–Crippen LogP) is 2.86. The fourth-order valence-electron chi connectivity index (χ4n) is 3.31. The second-order valence-corrected chi connectivity index (χ2v) is 6.45. The van der Waals surface area contributed by atoms with Crippen LogP contribution in [0.4, 0.5) is 13.2 Å². The van der Waals surface area contributed by atoms with E-state index in [4.69, 9.17) is 5.26 Å². The number of halogens is 3. The first-order chi connectivity index (χ1) is 10.7. The number of nitriles is 1. The maximum absolute atomic E-state index is 13.9. The molecule has 4 nitrogen and oxygen atoms in total. The van der Waals surface area contributed by atoms with Crippen LogP contribution in [-0.4, -0.2) is 34.9 Å². The number of hydrogen-bond donors (Lipinski definition) is 0. The van der Waals surface area contributed by atoms with Gasteiger partial charge < -0.3 is 0 Å². The summed E-state index contributed by atoms with van der Waals surface area (Å²) in [5.41, 5.74) is -1.19. The average Bonchev–Trinajstić information content (AvgIpc) is 2.97. The third-order valence-electron chi connectivity index (χ3n) is 4.84. The van der Waals surface area contributed by atoms with Crippen LogP contribution in [0.3, 0.4) is 0 Å². The van der Waals surface area contributed by atoms with Crippen LogP contribution in [0.15, 0.2) is 18.2 Å². The van der Waals surface area contributed by atoms with E-state index < -0.39 is 29.1 Å². The molecule has 0 spiro atoms. The minimum Gasteiger partial charge on any atom is -0.272 e. The molecule has 3 rings (SSSR count). The van der Waals surface area contributed by atoms with Crippen molar-refractivity contribution in [3.05, 3.63) is 35.1 Å². The minimum absolute atomic E-state index is 0.0632. The molecule has 122 valence electrons. The molecule has 1 aromatic carbocycles. The molecule has 0 unspecified atom stereocenters. The molecule has 1 aromatic rings. The van der Waals surface area contributed by atoms with Crippen molar-refractivity contribution in [3.8, 4) is 6.07 Å². The summed E-state index contributed by atoms with van der Waals surface area (Å²) in [5.74, 6) is -4.39. The highest BCUT2D eigenvalue weighted by Crippen LogP contribution is 2.48. The molecular formula is C16H16F3N3O. The Morgan fingerprint density at radius 1 is 1.39 bits per heavy atom. The van der Waals surface area contributed by atoms with Gasteiger partial charge in [-0.1, -0.05) is 0 Å². The third-order valence-corrected chi connectivity index (χ3v) is 4.84. The second kappa shape index (κ2) is 4.96. The molecule has 2 atom stereocenters. The van der Waals surface area contributed by atoms with Crippen LogP contribution in [0.25, 0.3) is 0 Å². The van der Waals surface area contributed by atoms with Gasteiger partial charge in [0.2, 0.25) is 0 Å². The maximum atomic E-state index is 13.9. The zero-order valence-corrected chi connectivity index (χ0v) is 12.8. The van der Waals surface area contributed by atoms with Gasteiger partial charge in [0.05, 0.1) is 17.7 Å². The number of carbonyl (C=O) groups is 1. The van der Waals surface area contributed by atoms with E-state index in [1.807, 2.05) is 6.07 Å². The number of carbonyl (C=O) groups excluding carboxylic acids is 1. The fraction of sp³-hybridized carbons (Fsp3) is 0.500. The van der Waals surface area contributed by atoms with Crippen molar-refractivity contribution in [1.82, 2.24) is 10.0 Å². The van der Waals surface area contributed by atoms with Gasteiger partial charge in [-0.05, 0) is 37.1 Å². The molecule has 2 aliphatic rings. The molecule has 0 aliphatic carbocycles. The van der Waals surface area contributed by atoms with Gasteiger partial charge in [-0.3, -0.25) is 9.80 Å². The molecule has 2 heterocycles. The molecule has 2 aliphatic heterocycles. The van der Waals surface area contributed by atoms with Crippen LogP contribution in [0.1, 0.15) is 37.4 Å². The molecule has 1 amide bonds. The molecule has 0 saturated carbocycles. The Morgan fingerprint density at radius 3 is 2.70 bits per heavy atom. The average molecular weight is 323 g/mol. The fourth-order valence-corrected chi connectivity index (χ4v) is 3.31. The van der Waals surface area contributed by atoms with Crippen LogP contribution in [0.5, 0.6) is 0 Å².